The molecule has 1 heterocycles. The number of likely N-dealkylation sites (tertiary alicyclic amines) is 1. The van der Waals surface area contributed by atoms with E-state index >= 15 is 0 Å². The van der Waals surface area contributed by atoms with E-state index in [0.29, 0.717) is 6.42 Å². The number of esters is 1. The smallest absolute Gasteiger partial charge is 0.305 e. The zero-order valence-corrected chi connectivity index (χ0v) is 10.00. The molecular weight excluding hydrogens is 190 g/mol. The molecule has 0 aromatic heterocycles. The van der Waals surface area contributed by atoms with Gasteiger partial charge in [0, 0.05) is 6.42 Å². The van der Waals surface area contributed by atoms with Crippen LogP contribution in [-0.2, 0) is 9.53 Å². The van der Waals surface area contributed by atoms with Gasteiger partial charge in [0.15, 0.2) is 0 Å². The second kappa shape index (κ2) is 6.83. The van der Waals surface area contributed by atoms with Crippen LogP contribution in [0.25, 0.3) is 0 Å². The molecule has 0 aliphatic carbocycles. The quantitative estimate of drug-likeness (QED) is 0.669. The summed E-state index contributed by atoms with van der Waals surface area (Å²) in [7, 11) is 3.65. The highest BCUT2D eigenvalue weighted by Gasteiger charge is 2.14. The number of nitrogens with zero attached hydrogens (tertiary/aromatic N) is 1. The molecule has 0 saturated carbocycles. The molecular formula is C12H23NO2. The summed E-state index contributed by atoms with van der Waals surface area (Å²) in [4.78, 5) is 13.3. The standard InChI is InChI=1S/C12H23NO2/c1-13-9-4-6-11(8-10-13)5-3-7-12(14)15-2/h11H,3-10H2,1-2H3. The highest BCUT2D eigenvalue weighted by atomic mass is 16.5. The monoisotopic (exact) mass is 213 g/mol. The first-order valence-corrected chi connectivity index (χ1v) is 5.97. The normalized spacial score (nSPS) is 23.5. The van der Waals surface area contributed by atoms with Crippen molar-refractivity contribution < 1.29 is 9.53 Å². The maximum Gasteiger partial charge on any atom is 0.305 e. The Morgan fingerprint density at radius 3 is 2.93 bits per heavy atom. The first kappa shape index (κ1) is 12.5. The number of rotatable bonds is 4. The van der Waals surface area contributed by atoms with E-state index in [0.717, 1.165) is 12.3 Å². The molecule has 0 radical (unpaired) electrons. The van der Waals surface area contributed by atoms with Gasteiger partial charge in [0.25, 0.3) is 0 Å². The molecule has 1 aliphatic rings. The lowest BCUT2D eigenvalue weighted by atomic mass is 9.94. The van der Waals surface area contributed by atoms with Crippen molar-refractivity contribution in [2.45, 2.75) is 38.5 Å². The van der Waals surface area contributed by atoms with Crippen LogP contribution in [0.2, 0.25) is 0 Å². The third-order valence-corrected chi connectivity index (χ3v) is 3.29. The van der Waals surface area contributed by atoms with E-state index in [1.807, 2.05) is 0 Å². The summed E-state index contributed by atoms with van der Waals surface area (Å²) >= 11 is 0. The second-order valence-electron chi connectivity index (χ2n) is 4.57. The first-order chi connectivity index (χ1) is 7.22. The molecule has 0 aromatic rings. The molecule has 1 aliphatic heterocycles. The van der Waals surface area contributed by atoms with E-state index in [1.165, 1.54) is 45.9 Å². The predicted molar refractivity (Wildman–Crippen MR) is 60.7 cm³/mol. The molecule has 3 heteroatoms. The molecule has 88 valence electrons. The van der Waals surface area contributed by atoms with Crippen molar-refractivity contribution in [3.8, 4) is 0 Å². The Morgan fingerprint density at radius 2 is 2.20 bits per heavy atom. The summed E-state index contributed by atoms with van der Waals surface area (Å²) in [6.45, 7) is 2.44. The van der Waals surface area contributed by atoms with Crippen LogP contribution < -0.4 is 0 Å². The van der Waals surface area contributed by atoms with Gasteiger partial charge in [0.1, 0.15) is 0 Å². The summed E-state index contributed by atoms with van der Waals surface area (Å²) < 4.78 is 4.63. The van der Waals surface area contributed by atoms with E-state index in [9.17, 15) is 4.79 Å². The van der Waals surface area contributed by atoms with Crippen LogP contribution in [0, 0.1) is 5.92 Å². The molecule has 1 fully saturated rings. The number of hydrogen-bond acceptors (Lipinski definition) is 3. The van der Waals surface area contributed by atoms with Gasteiger partial charge in [-0.15, -0.1) is 0 Å². The number of carbonyl (C=O) groups excluding carboxylic acids is 1. The summed E-state index contributed by atoms with van der Waals surface area (Å²) in [5.41, 5.74) is 0. The summed E-state index contributed by atoms with van der Waals surface area (Å²) in [6.07, 6.45) is 6.68. The number of methoxy groups -OCH3 is 1. The maximum atomic E-state index is 10.9. The molecule has 15 heavy (non-hydrogen) atoms. The number of hydrogen-bond donors (Lipinski definition) is 0. The van der Waals surface area contributed by atoms with Crippen LogP contribution in [0.15, 0.2) is 0 Å². The molecule has 1 rings (SSSR count). The molecule has 0 aromatic carbocycles. The average molecular weight is 213 g/mol. The fraction of sp³-hybridized carbons (Fsp3) is 0.917. The van der Waals surface area contributed by atoms with Crippen molar-refractivity contribution in [2.24, 2.45) is 5.92 Å². The summed E-state index contributed by atoms with van der Waals surface area (Å²) in [5.74, 6) is 0.750. The van der Waals surface area contributed by atoms with E-state index in [2.05, 4.69) is 16.7 Å². The molecule has 3 nitrogen and oxygen atoms in total. The van der Waals surface area contributed by atoms with Gasteiger partial charge in [0.2, 0.25) is 0 Å². The zero-order chi connectivity index (χ0) is 11.1. The van der Waals surface area contributed by atoms with Gasteiger partial charge in [-0.25, -0.2) is 0 Å². The van der Waals surface area contributed by atoms with E-state index in [1.54, 1.807) is 0 Å². The van der Waals surface area contributed by atoms with E-state index in [-0.39, 0.29) is 5.97 Å². The Bertz CT molecular complexity index is 194. The third kappa shape index (κ3) is 5.17. The minimum atomic E-state index is -0.0688. The van der Waals surface area contributed by atoms with E-state index < -0.39 is 0 Å². The first-order valence-electron chi connectivity index (χ1n) is 5.97. The second-order valence-corrected chi connectivity index (χ2v) is 4.57. The Hall–Kier alpha value is -0.570. The van der Waals surface area contributed by atoms with Crippen LogP contribution in [0.3, 0.4) is 0 Å². The molecule has 0 bridgehead atoms. The lowest BCUT2D eigenvalue weighted by Crippen LogP contribution is -2.18. The third-order valence-electron chi connectivity index (χ3n) is 3.29. The van der Waals surface area contributed by atoms with Gasteiger partial charge >= 0.3 is 5.97 Å². The van der Waals surface area contributed by atoms with Gasteiger partial charge in [-0.1, -0.05) is 0 Å². The summed E-state index contributed by atoms with van der Waals surface area (Å²) in [6, 6.07) is 0. The van der Waals surface area contributed by atoms with Crippen molar-refractivity contribution in [1.82, 2.24) is 4.90 Å². The van der Waals surface area contributed by atoms with Crippen LogP contribution in [0.1, 0.15) is 38.5 Å². The fourth-order valence-corrected chi connectivity index (χ4v) is 2.23. The molecule has 0 amide bonds. The predicted octanol–water partition coefficient (Wildman–Crippen LogP) is 2.06. The van der Waals surface area contributed by atoms with Crippen molar-refractivity contribution in [3.63, 3.8) is 0 Å². The van der Waals surface area contributed by atoms with Crippen molar-refractivity contribution >= 4 is 5.97 Å². The Labute approximate surface area is 92.8 Å². The highest BCUT2D eigenvalue weighted by molar-refractivity contribution is 5.68. The SMILES string of the molecule is COC(=O)CCCC1CCCN(C)CC1. The van der Waals surface area contributed by atoms with Crippen LogP contribution >= 0.6 is 0 Å². The van der Waals surface area contributed by atoms with E-state index in [4.69, 9.17) is 0 Å². The van der Waals surface area contributed by atoms with Crippen molar-refractivity contribution in [2.75, 3.05) is 27.2 Å². The Morgan fingerprint density at radius 1 is 1.40 bits per heavy atom. The molecule has 0 spiro atoms. The van der Waals surface area contributed by atoms with Crippen LogP contribution in [-0.4, -0.2) is 38.1 Å². The maximum absolute atomic E-state index is 10.9. The topological polar surface area (TPSA) is 29.5 Å². The van der Waals surface area contributed by atoms with Crippen LogP contribution in [0.5, 0.6) is 0 Å². The van der Waals surface area contributed by atoms with Gasteiger partial charge in [-0.05, 0) is 58.2 Å². The van der Waals surface area contributed by atoms with Gasteiger partial charge in [-0.3, -0.25) is 4.79 Å². The molecule has 0 N–H and O–H groups in total. The summed E-state index contributed by atoms with van der Waals surface area (Å²) in [5, 5.41) is 0. The van der Waals surface area contributed by atoms with Gasteiger partial charge in [0.05, 0.1) is 7.11 Å². The molecule has 1 atom stereocenters. The minimum absolute atomic E-state index is 0.0688. The molecule has 1 unspecified atom stereocenters. The fourth-order valence-electron chi connectivity index (χ4n) is 2.23. The number of ether oxygens (including phenoxy) is 1. The lowest BCUT2D eigenvalue weighted by molar-refractivity contribution is -0.140. The van der Waals surface area contributed by atoms with Crippen molar-refractivity contribution in [1.29, 1.82) is 0 Å². The highest BCUT2D eigenvalue weighted by Crippen LogP contribution is 2.22. The average Bonchev–Trinajstić information content (AvgIpc) is 2.43. The van der Waals surface area contributed by atoms with Gasteiger partial charge in [-0.2, -0.15) is 0 Å². The molecule has 1 saturated heterocycles. The lowest BCUT2D eigenvalue weighted by Gasteiger charge is -2.14. The van der Waals surface area contributed by atoms with Gasteiger partial charge < -0.3 is 9.64 Å². The Balaban J connectivity index is 2.12. The number of carbonyl (C=O) groups is 1. The van der Waals surface area contributed by atoms with Crippen LogP contribution in [0.4, 0.5) is 0 Å². The van der Waals surface area contributed by atoms with Crippen molar-refractivity contribution in [3.05, 3.63) is 0 Å². The minimum Gasteiger partial charge on any atom is -0.469 e. The zero-order valence-electron chi connectivity index (χ0n) is 10.00. The Kier molecular flexibility index (Phi) is 5.69. The largest absolute Gasteiger partial charge is 0.469 e.